The van der Waals surface area contributed by atoms with E-state index in [0.717, 1.165) is 18.9 Å². The molecule has 1 aliphatic heterocycles. The third-order valence-corrected chi connectivity index (χ3v) is 3.21. The van der Waals surface area contributed by atoms with Crippen LogP contribution in [0, 0.1) is 0 Å². The number of nitrogens with zero attached hydrogens (tertiary/aromatic N) is 2. The summed E-state index contributed by atoms with van der Waals surface area (Å²) in [7, 11) is 0. The first-order valence-electron chi connectivity index (χ1n) is 6.01. The van der Waals surface area contributed by atoms with Gasteiger partial charge in [-0.2, -0.15) is 0 Å². The van der Waals surface area contributed by atoms with E-state index >= 15 is 0 Å². The lowest BCUT2D eigenvalue weighted by Crippen LogP contribution is -2.37. The largest absolute Gasteiger partial charge is 0.344 e. The molecule has 3 nitrogen and oxygen atoms in total. The van der Waals surface area contributed by atoms with Crippen LogP contribution in [0.3, 0.4) is 0 Å². The highest BCUT2D eigenvalue weighted by molar-refractivity contribution is 5.22. The lowest BCUT2D eigenvalue weighted by Gasteiger charge is -2.31. The van der Waals surface area contributed by atoms with E-state index in [1.54, 1.807) is 0 Å². The summed E-state index contributed by atoms with van der Waals surface area (Å²) in [6.45, 7) is 15.3. The summed E-state index contributed by atoms with van der Waals surface area (Å²) >= 11 is 0. The van der Waals surface area contributed by atoms with Crippen LogP contribution in [-0.4, -0.2) is 20.4 Å². The number of imidazole rings is 1. The van der Waals surface area contributed by atoms with Crippen molar-refractivity contribution in [2.75, 3.05) is 0 Å². The molecule has 2 rings (SSSR count). The predicted molar refractivity (Wildman–Crippen MR) is 66.3 cm³/mol. The van der Waals surface area contributed by atoms with Gasteiger partial charge in [-0.15, -0.1) is 0 Å². The highest BCUT2D eigenvalue weighted by Gasteiger charge is 2.32. The average Bonchev–Trinajstić information content (AvgIpc) is 2.53. The molecular formula is C13H23N3. The second-order valence-corrected chi connectivity index (χ2v) is 6.79. The molecule has 16 heavy (non-hydrogen) atoms. The van der Waals surface area contributed by atoms with Crippen molar-refractivity contribution in [3.63, 3.8) is 0 Å². The number of rotatable bonds is 0. The van der Waals surface area contributed by atoms with Crippen molar-refractivity contribution in [2.24, 2.45) is 0 Å². The van der Waals surface area contributed by atoms with E-state index in [1.807, 2.05) is 0 Å². The van der Waals surface area contributed by atoms with Crippen LogP contribution in [0.5, 0.6) is 0 Å². The number of hydrogen-bond acceptors (Lipinski definition) is 2. The van der Waals surface area contributed by atoms with Gasteiger partial charge in [0.1, 0.15) is 5.82 Å². The van der Waals surface area contributed by atoms with E-state index in [2.05, 4.69) is 51.4 Å². The number of fused-ring (bicyclic) bond motifs is 1. The maximum atomic E-state index is 4.73. The fourth-order valence-electron chi connectivity index (χ4n) is 1.96. The van der Waals surface area contributed by atoms with Crippen LogP contribution in [0.25, 0.3) is 0 Å². The van der Waals surface area contributed by atoms with Crippen LogP contribution in [0.1, 0.15) is 58.8 Å². The zero-order valence-corrected chi connectivity index (χ0v) is 11.3. The van der Waals surface area contributed by atoms with Gasteiger partial charge in [0.15, 0.2) is 0 Å². The highest BCUT2D eigenvalue weighted by atomic mass is 15.2. The number of nitrogens with one attached hydrogen (secondary N) is 1. The molecule has 1 aromatic rings. The Morgan fingerprint density at radius 1 is 1.06 bits per heavy atom. The summed E-state index contributed by atoms with van der Waals surface area (Å²) in [6.07, 6.45) is 0. The van der Waals surface area contributed by atoms with E-state index in [0.29, 0.717) is 0 Å². The molecule has 0 unspecified atom stereocenters. The summed E-state index contributed by atoms with van der Waals surface area (Å²) in [5, 5.41) is 0. The highest BCUT2D eigenvalue weighted by Crippen LogP contribution is 2.30. The van der Waals surface area contributed by atoms with Gasteiger partial charge in [-0.3, -0.25) is 4.90 Å². The van der Waals surface area contributed by atoms with Gasteiger partial charge >= 0.3 is 0 Å². The lowest BCUT2D eigenvalue weighted by atomic mass is 9.96. The number of hydrogen-bond donors (Lipinski definition) is 1. The molecule has 2 heterocycles. The molecule has 90 valence electrons. The molecule has 0 bridgehead atoms. The van der Waals surface area contributed by atoms with Crippen LogP contribution in [0.4, 0.5) is 0 Å². The summed E-state index contributed by atoms with van der Waals surface area (Å²) < 4.78 is 0. The van der Waals surface area contributed by atoms with Crippen molar-refractivity contribution >= 4 is 0 Å². The normalized spacial score (nSPS) is 17.9. The Balaban J connectivity index is 2.21. The van der Waals surface area contributed by atoms with Crippen LogP contribution < -0.4 is 0 Å². The van der Waals surface area contributed by atoms with Gasteiger partial charge in [-0.25, -0.2) is 4.98 Å². The van der Waals surface area contributed by atoms with Crippen molar-refractivity contribution in [1.82, 2.24) is 14.9 Å². The molecule has 0 spiro atoms. The number of aromatic amines is 1. The maximum Gasteiger partial charge on any atom is 0.112 e. The van der Waals surface area contributed by atoms with Gasteiger partial charge in [0.2, 0.25) is 0 Å². The quantitative estimate of drug-likeness (QED) is 0.730. The smallest absolute Gasteiger partial charge is 0.112 e. The lowest BCUT2D eigenvalue weighted by molar-refractivity contribution is 0.133. The second-order valence-electron chi connectivity index (χ2n) is 6.79. The van der Waals surface area contributed by atoms with Crippen molar-refractivity contribution < 1.29 is 0 Å². The number of aromatic nitrogens is 2. The fourth-order valence-corrected chi connectivity index (χ4v) is 1.96. The molecule has 3 heteroatoms. The third kappa shape index (κ3) is 2.01. The van der Waals surface area contributed by atoms with Gasteiger partial charge in [-0.1, -0.05) is 20.8 Å². The van der Waals surface area contributed by atoms with Crippen molar-refractivity contribution in [3.8, 4) is 0 Å². The molecular weight excluding hydrogens is 198 g/mol. The molecule has 1 aliphatic rings. The fraction of sp³-hybridized carbons (Fsp3) is 0.769. The van der Waals surface area contributed by atoms with E-state index in [4.69, 9.17) is 4.98 Å². The Bertz CT molecular complexity index is 367. The van der Waals surface area contributed by atoms with E-state index < -0.39 is 0 Å². The standard InChI is InChI=1S/C13H23N3/c1-12(2,3)11-14-9-7-16(13(4,5)6)8-10(9)15-11/h7-8H2,1-6H3,(H,14,15). The van der Waals surface area contributed by atoms with E-state index in [9.17, 15) is 0 Å². The SMILES string of the molecule is CC(C)(C)c1nc2c([nH]1)CN(C(C)(C)C)C2. The molecule has 0 atom stereocenters. The molecule has 0 amide bonds. The summed E-state index contributed by atoms with van der Waals surface area (Å²) in [4.78, 5) is 10.7. The Morgan fingerprint density at radius 3 is 2.12 bits per heavy atom. The van der Waals surface area contributed by atoms with Crippen LogP contribution in [0.15, 0.2) is 0 Å². The summed E-state index contributed by atoms with van der Waals surface area (Å²) in [6, 6.07) is 0. The van der Waals surface area contributed by atoms with Gasteiger partial charge in [0.25, 0.3) is 0 Å². The van der Waals surface area contributed by atoms with Crippen LogP contribution >= 0.6 is 0 Å². The molecule has 0 radical (unpaired) electrons. The molecule has 0 saturated carbocycles. The van der Waals surface area contributed by atoms with Crippen molar-refractivity contribution in [2.45, 2.75) is 65.6 Å². The minimum atomic E-state index is 0.122. The monoisotopic (exact) mass is 221 g/mol. The summed E-state index contributed by atoms with van der Waals surface area (Å²) in [5.41, 5.74) is 2.89. The average molecular weight is 221 g/mol. The van der Waals surface area contributed by atoms with Gasteiger partial charge in [-0.05, 0) is 20.8 Å². The Labute approximate surface area is 98.3 Å². The van der Waals surface area contributed by atoms with Crippen molar-refractivity contribution in [3.05, 3.63) is 17.2 Å². The second kappa shape index (κ2) is 3.33. The van der Waals surface area contributed by atoms with Gasteiger partial charge in [0, 0.05) is 24.0 Å². The van der Waals surface area contributed by atoms with Crippen LogP contribution in [0.2, 0.25) is 0 Å². The predicted octanol–water partition coefficient (Wildman–Crippen LogP) is 2.82. The molecule has 0 fully saturated rings. The minimum Gasteiger partial charge on any atom is -0.344 e. The third-order valence-electron chi connectivity index (χ3n) is 3.21. The van der Waals surface area contributed by atoms with Crippen LogP contribution in [-0.2, 0) is 18.5 Å². The zero-order valence-electron chi connectivity index (χ0n) is 11.3. The first-order valence-corrected chi connectivity index (χ1v) is 6.01. The van der Waals surface area contributed by atoms with Gasteiger partial charge < -0.3 is 4.98 Å². The number of H-pyrrole nitrogens is 1. The Hall–Kier alpha value is -0.830. The maximum absolute atomic E-state index is 4.73. The molecule has 1 N–H and O–H groups in total. The molecule has 0 aliphatic carbocycles. The van der Waals surface area contributed by atoms with E-state index in [-0.39, 0.29) is 11.0 Å². The van der Waals surface area contributed by atoms with Crippen molar-refractivity contribution in [1.29, 1.82) is 0 Å². The van der Waals surface area contributed by atoms with Gasteiger partial charge in [0.05, 0.1) is 11.4 Å². The zero-order chi connectivity index (χ0) is 12.1. The first-order chi connectivity index (χ1) is 7.18. The first kappa shape index (κ1) is 11.6. The molecule has 0 saturated heterocycles. The Morgan fingerprint density at radius 2 is 1.69 bits per heavy atom. The summed E-state index contributed by atoms with van der Waals surface area (Å²) in [5.74, 6) is 1.12. The van der Waals surface area contributed by atoms with E-state index in [1.165, 1.54) is 11.4 Å². The minimum absolute atomic E-state index is 0.122. The Kier molecular flexibility index (Phi) is 2.42. The topological polar surface area (TPSA) is 31.9 Å². The molecule has 0 aromatic carbocycles. The molecule has 1 aromatic heterocycles.